The summed E-state index contributed by atoms with van der Waals surface area (Å²) in [5, 5.41) is 6.92. The van der Waals surface area contributed by atoms with Crippen LogP contribution in [0.3, 0.4) is 0 Å². The predicted molar refractivity (Wildman–Crippen MR) is 120 cm³/mol. The Morgan fingerprint density at radius 1 is 1.17 bits per heavy atom. The highest BCUT2D eigenvalue weighted by molar-refractivity contribution is 5.94. The van der Waals surface area contributed by atoms with E-state index in [-0.39, 0.29) is 0 Å². The van der Waals surface area contributed by atoms with Crippen LogP contribution in [0.5, 0.6) is 11.5 Å². The molecule has 0 aromatic heterocycles. The molecule has 7 nitrogen and oxygen atoms in total. The fraction of sp³-hybridized carbons (Fsp3) is 0.696. The lowest BCUT2D eigenvalue weighted by Gasteiger charge is -2.19. The monoisotopic (exact) mass is 416 g/mol. The number of benzene rings is 1. The van der Waals surface area contributed by atoms with E-state index in [0.29, 0.717) is 19.3 Å². The van der Waals surface area contributed by atoms with Crippen molar-refractivity contribution in [2.45, 2.75) is 44.6 Å². The molecule has 166 valence electrons. The standard InChI is InChI=1S/C23H36N4O3/c1-27-11-2-5-20(27)16-25-23(24-10-3-12-28-17-18-6-7-18)26-19-8-9-21-22(15-19)30-14-4-13-29-21/h8-9,15,18,20H,2-7,10-14,16-17H2,1H3,(H2,24,25,26). The highest BCUT2D eigenvalue weighted by atomic mass is 16.5. The van der Waals surface area contributed by atoms with Crippen LogP contribution in [0, 0.1) is 5.92 Å². The van der Waals surface area contributed by atoms with Gasteiger partial charge in [0.2, 0.25) is 0 Å². The first-order chi connectivity index (χ1) is 14.8. The number of anilines is 1. The fourth-order valence-electron chi connectivity index (χ4n) is 3.84. The number of ether oxygens (including phenoxy) is 3. The Kier molecular flexibility index (Phi) is 7.70. The van der Waals surface area contributed by atoms with Gasteiger partial charge in [-0.1, -0.05) is 0 Å². The first-order valence-corrected chi connectivity index (χ1v) is 11.5. The van der Waals surface area contributed by atoms with Gasteiger partial charge in [-0.15, -0.1) is 0 Å². The summed E-state index contributed by atoms with van der Waals surface area (Å²) in [6.07, 6.45) is 7.02. The zero-order valence-corrected chi connectivity index (χ0v) is 18.2. The molecule has 1 aromatic carbocycles. The number of hydrogen-bond acceptors (Lipinski definition) is 5. The lowest BCUT2D eigenvalue weighted by Crippen LogP contribution is -2.34. The quantitative estimate of drug-likeness (QED) is 0.366. The zero-order valence-electron chi connectivity index (χ0n) is 18.2. The largest absolute Gasteiger partial charge is 0.490 e. The van der Waals surface area contributed by atoms with E-state index in [1.165, 1.54) is 25.7 Å². The summed E-state index contributed by atoms with van der Waals surface area (Å²) in [5.41, 5.74) is 0.954. The van der Waals surface area contributed by atoms with Crippen molar-refractivity contribution in [2.24, 2.45) is 10.9 Å². The third-order valence-corrected chi connectivity index (χ3v) is 5.95. The molecule has 2 heterocycles. The first kappa shape index (κ1) is 21.2. The second kappa shape index (κ2) is 10.9. The number of fused-ring (bicyclic) bond motifs is 1. The van der Waals surface area contributed by atoms with Crippen LogP contribution >= 0.6 is 0 Å². The fourth-order valence-corrected chi connectivity index (χ4v) is 3.84. The maximum absolute atomic E-state index is 5.83. The van der Waals surface area contributed by atoms with E-state index in [1.54, 1.807) is 0 Å². The highest BCUT2D eigenvalue weighted by Crippen LogP contribution is 2.32. The smallest absolute Gasteiger partial charge is 0.195 e. The molecule has 0 radical (unpaired) electrons. The maximum Gasteiger partial charge on any atom is 0.195 e. The molecule has 1 atom stereocenters. The Labute approximate surface area is 180 Å². The van der Waals surface area contributed by atoms with Crippen LogP contribution < -0.4 is 20.1 Å². The number of likely N-dealkylation sites (tertiary alicyclic amines) is 1. The van der Waals surface area contributed by atoms with Gasteiger partial charge in [0.15, 0.2) is 17.5 Å². The molecule has 2 N–H and O–H groups in total. The number of likely N-dealkylation sites (N-methyl/N-ethyl adjacent to an activating group) is 1. The second-order valence-electron chi connectivity index (χ2n) is 8.60. The van der Waals surface area contributed by atoms with Gasteiger partial charge in [-0.25, -0.2) is 0 Å². The molecule has 7 heteroatoms. The van der Waals surface area contributed by atoms with Crippen LogP contribution in [0.1, 0.15) is 38.5 Å². The van der Waals surface area contributed by atoms with Crippen molar-refractivity contribution >= 4 is 11.6 Å². The minimum absolute atomic E-state index is 0.522. The molecule has 1 unspecified atom stereocenters. The molecule has 0 bridgehead atoms. The van der Waals surface area contributed by atoms with Crippen LogP contribution in [-0.4, -0.2) is 70.0 Å². The van der Waals surface area contributed by atoms with Crippen LogP contribution in [0.25, 0.3) is 0 Å². The summed E-state index contributed by atoms with van der Waals surface area (Å²) in [7, 11) is 2.19. The van der Waals surface area contributed by atoms with E-state index in [4.69, 9.17) is 19.2 Å². The molecular formula is C23H36N4O3. The van der Waals surface area contributed by atoms with E-state index in [1.807, 2.05) is 18.2 Å². The van der Waals surface area contributed by atoms with E-state index in [2.05, 4.69) is 22.6 Å². The van der Waals surface area contributed by atoms with Gasteiger partial charge in [0.05, 0.1) is 19.8 Å². The summed E-state index contributed by atoms with van der Waals surface area (Å²) in [4.78, 5) is 7.28. The van der Waals surface area contributed by atoms with Crippen molar-refractivity contribution < 1.29 is 14.2 Å². The number of guanidine groups is 1. The van der Waals surface area contributed by atoms with Crippen LogP contribution in [0.2, 0.25) is 0 Å². The van der Waals surface area contributed by atoms with E-state index < -0.39 is 0 Å². The highest BCUT2D eigenvalue weighted by Gasteiger charge is 2.21. The summed E-state index contributed by atoms with van der Waals surface area (Å²) in [5.74, 6) is 3.23. The molecule has 1 saturated heterocycles. The topological polar surface area (TPSA) is 67.4 Å². The van der Waals surface area contributed by atoms with Crippen LogP contribution in [0.15, 0.2) is 23.2 Å². The number of aliphatic imine (C=N–C) groups is 1. The lowest BCUT2D eigenvalue weighted by molar-refractivity contribution is 0.123. The molecular weight excluding hydrogens is 380 g/mol. The third kappa shape index (κ3) is 6.51. The molecule has 30 heavy (non-hydrogen) atoms. The summed E-state index contributed by atoms with van der Waals surface area (Å²) < 4.78 is 17.3. The van der Waals surface area contributed by atoms with Gasteiger partial charge >= 0.3 is 0 Å². The number of nitrogens with one attached hydrogen (secondary N) is 2. The van der Waals surface area contributed by atoms with Crippen molar-refractivity contribution in [1.29, 1.82) is 0 Å². The minimum Gasteiger partial charge on any atom is -0.490 e. The van der Waals surface area contributed by atoms with Crippen molar-refractivity contribution in [3.05, 3.63) is 18.2 Å². The van der Waals surface area contributed by atoms with Crippen molar-refractivity contribution in [3.63, 3.8) is 0 Å². The average molecular weight is 417 g/mol. The Morgan fingerprint density at radius 2 is 2.03 bits per heavy atom. The van der Waals surface area contributed by atoms with Gasteiger partial charge < -0.3 is 29.7 Å². The summed E-state index contributed by atoms with van der Waals surface area (Å²) >= 11 is 0. The zero-order chi connectivity index (χ0) is 20.6. The molecule has 0 spiro atoms. The van der Waals surface area contributed by atoms with Crippen molar-refractivity contribution in [2.75, 3.05) is 58.4 Å². The van der Waals surface area contributed by atoms with Crippen LogP contribution in [-0.2, 0) is 4.74 Å². The maximum atomic E-state index is 5.83. The van der Waals surface area contributed by atoms with Gasteiger partial charge in [-0.3, -0.25) is 4.99 Å². The van der Waals surface area contributed by atoms with Gasteiger partial charge in [0.25, 0.3) is 0 Å². The predicted octanol–water partition coefficient (Wildman–Crippen LogP) is 3.12. The lowest BCUT2D eigenvalue weighted by atomic mass is 10.2. The van der Waals surface area contributed by atoms with Gasteiger partial charge in [0.1, 0.15) is 0 Å². The number of hydrogen-bond donors (Lipinski definition) is 2. The second-order valence-corrected chi connectivity index (χ2v) is 8.60. The van der Waals surface area contributed by atoms with E-state index in [9.17, 15) is 0 Å². The Balaban J connectivity index is 1.32. The minimum atomic E-state index is 0.522. The SMILES string of the molecule is CN1CCCC1CN=C(NCCCOCC1CC1)Nc1ccc2c(c1)OCCCO2. The van der Waals surface area contributed by atoms with E-state index in [0.717, 1.165) is 74.8 Å². The van der Waals surface area contributed by atoms with Gasteiger partial charge in [-0.2, -0.15) is 0 Å². The van der Waals surface area contributed by atoms with Crippen molar-refractivity contribution in [3.8, 4) is 11.5 Å². The molecule has 2 aliphatic heterocycles. The Hall–Kier alpha value is -1.99. The Morgan fingerprint density at radius 3 is 2.83 bits per heavy atom. The van der Waals surface area contributed by atoms with Crippen molar-refractivity contribution in [1.82, 2.24) is 10.2 Å². The molecule has 4 rings (SSSR count). The molecule has 1 aromatic rings. The first-order valence-electron chi connectivity index (χ1n) is 11.5. The molecule has 2 fully saturated rings. The summed E-state index contributed by atoms with van der Waals surface area (Å²) in [6.45, 7) is 5.90. The number of nitrogens with zero attached hydrogens (tertiary/aromatic N) is 2. The van der Waals surface area contributed by atoms with Gasteiger partial charge in [0, 0.05) is 44.0 Å². The molecule has 1 aliphatic carbocycles. The molecule has 3 aliphatic rings. The Bertz CT molecular complexity index is 708. The number of rotatable bonds is 9. The van der Waals surface area contributed by atoms with E-state index >= 15 is 0 Å². The third-order valence-electron chi connectivity index (χ3n) is 5.95. The summed E-state index contributed by atoms with van der Waals surface area (Å²) in [6, 6.07) is 6.51. The normalized spacial score (nSPS) is 22.0. The average Bonchev–Trinajstić information content (AvgIpc) is 3.53. The van der Waals surface area contributed by atoms with Crippen LogP contribution in [0.4, 0.5) is 5.69 Å². The molecule has 0 amide bonds. The molecule has 1 saturated carbocycles. The van der Waals surface area contributed by atoms with Gasteiger partial charge in [-0.05, 0) is 63.7 Å².